The summed E-state index contributed by atoms with van der Waals surface area (Å²) in [6, 6.07) is 119. The largest absolute Gasteiger partial charge is 0.311 e. The Labute approximate surface area is 782 Å². The van der Waals surface area contributed by atoms with E-state index in [9.17, 15) is 0 Å². The third-order valence-corrected chi connectivity index (χ3v) is 28.8. The Morgan fingerprint density at radius 3 is 0.553 bits per heavy atom. The lowest BCUT2D eigenvalue weighted by Crippen LogP contribution is -2.61. The predicted molar refractivity (Wildman–Crippen MR) is 565 cm³/mol. The Morgan fingerprint density at radius 2 is 0.356 bits per heavy atom. The van der Waals surface area contributed by atoms with Crippen molar-refractivity contribution >= 4 is 172 Å². The molecular formula is C120H114B3N9. The molecule has 0 fully saturated rings. The lowest BCUT2D eigenvalue weighted by molar-refractivity contribution is 0.590. The summed E-state index contributed by atoms with van der Waals surface area (Å²) in [5.74, 6) is 1.73. The summed E-state index contributed by atoms with van der Waals surface area (Å²) in [4.78, 5) is 33.2. The molecule has 0 aliphatic carbocycles. The Morgan fingerprint density at radius 1 is 0.182 bits per heavy atom. The summed E-state index contributed by atoms with van der Waals surface area (Å²) < 4.78 is 0. The van der Waals surface area contributed by atoms with E-state index in [1.54, 1.807) is 0 Å². The molecule has 1 aromatic heterocycles. The molecule has 0 radical (unpaired) electrons. The molecule has 0 N–H and O–H groups in total. The van der Waals surface area contributed by atoms with Crippen LogP contribution in [0.25, 0.3) is 34.2 Å². The van der Waals surface area contributed by atoms with Crippen molar-refractivity contribution in [2.75, 3.05) is 29.4 Å². The number of rotatable bonds is 9. The number of hydrogen-bond acceptors (Lipinski definition) is 9. The highest BCUT2D eigenvalue weighted by Gasteiger charge is 2.49. The van der Waals surface area contributed by atoms with Gasteiger partial charge in [0, 0.05) is 119 Å². The van der Waals surface area contributed by atoms with Gasteiger partial charge in [0.15, 0.2) is 17.5 Å². The summed E-state index contributed by atoms with van der Waals surface area (Å²) in [5, 5.41) is 0. The number of aryl methyl sites for hydroxylation is 3. The molecule has 12 heteroatoms. The van der Waals surface area contributed by atoms with Gasteiger partial charge in [0.1, 0.15) is 0 Å². The smallest absolute Gasteiger partial charge is 0.252 e. The molecule has 0 atom stereocenters. The van der Waals surface area contributed by atoms with Crippen molar-refractivity contribution in [3.05, 3.63) is 359 Å². The van der Waals surface area contributed by atoms with Gasteiger partial charge in [-0.25, -0.2) is 15.0 Å². The zero-order chi connectivity index (χ0) is 91.6. The first-order valence-corrected chi connectivity index (χ1v) is 47.3. The SMILES string of the molecule is Cc1ccc(N2c3ccc(-c4nc(-c5ccc6c(c5)B5c7cc(C(C)(C)C)ccc7N(c7ccc(C(C)(C)C)cc7)c7cccc(c75)N6c5ccc(C)cc5)nc(-c5ccc6c(c5)B5c7cc(C(C)(C)C)ccc7N(c7ccc(C(C)(C)C)cc7)c7cccc(c75)N6c5ccc(C)cc5)n4)cc3B3c4cc(C(C)(C)C)ccc4N(c4ccc(C(C)(C)C)cc4)c4cccc2c43)cc1. The van der Waals surface area contributed by atoms with Crippen LogP contribution in [-0.2, 0) is 32.5 Å². The minimum Gasteiger partial charge on any atom is -0.311 e. The zero-order valence-electron chi connectivity index (χ0n) is 80.2. The Balaban J connectivity index is 0.802. The van der Waals surface area contributed by atoms with Crippen LogP contribution in [0.1, 0.15) is 175 Å². The Hall–Kier alpha value is -13.7. The lowest BCUT2D eigenvalue weighted by Gasteiger charge is -2.44. The second-order valence-corrected chi connectivity index (χ2v) is 44.0. The first-order valence-electron chi connectivity index (χ1n) is 47.3. The maximum Gasteiger partial charge on any atom is 0.252 e. The van der Waals surface area contributed by atoms with Crippen molar-refractivity contribution in [1.82, 2.24) is 15.0 Å². The van der Waals surface area contributed by atoms with Gasteiger partial charge in [-0.3, -0.25) is 0 Å². The first kappa shape index (κ1) is 83.9. The maximum absolute atomic E-state index is 6.02. The minimum absolute atomic E-state index is 0.0266. The van der Waals surface area contributed by atoms with Crippen molar-refractivity contribution in [2.24, 2.45) is 0 Å². The van der Waals surface area contributed by atoms with Crippen LogP contribution in [0.5, 0.6) is 0 Å². The minimum atomic E-state index is -0.210. The highest BCUT2D eigenvalue weighted by atomic mass is 15.2. The van der Waals surface area contributed by atoms with E-state index in [1.807, 2.05) is 0 Å². The molecule has 132 heavy (non-hydrogen) atoms. The topological polar surface area (TPSA) is 58.1 Å². The van der Waals surface area contributed by atoms with Crippen molar-refractivity contribution in [3.8, 4) is 34.2 Å². The van der Waals surface area contributed by atoms with Gasteiger partial charge in [-0.1, -0.05) is 287 Å². The van der Waals surface area contributed by atoms with Crippen LogP contribution >= 0.6 is 0 Å². The monoisotopic (exact) mass is 1710 g/mol. The van der Waals surface area contributed by atoms with Crippen LogP contribution in [0, 0.1) is 20.8 Å². The first-order chi connectivity index (χ1) is 63.0. The van der Waals surface area contributed by atoms with Gasteiger partial charge in [-0.2, -0.15) is 0 Å². The summed E-state index contributed by atoms with van der Waals surface area (Å²) in [6.07, 6.45) is 0. The Kier molecular flexibility index (Phi) is 19.2. The molecule has 0 amide bonds. The van der Waals surface area contributed by atoms with Crippen LogP contribution < -0.4 is 78.6 Å². The van der Waals surface area contributed by atoms with Gasteiger partial charge >= 0.3 is 0 Å². The number of nitrogens with zero attached hydrogens (tertiary/aromatic N) is 9. The third-order valence-electron chi connectivity index (χ3n) is 28.8. The normalized spacial score (nSPS) is 14.1. The van der Waals surface area contributed by atoms with Crippen LogP contribution in [0.2, 0.25) is 0 Å². The molecule has 16 aromatic rings. The Bertz CT molecular complexity index is 6670. The highest BCUT2D eigenvalue weighted by molar-refractivity contribution is 7.02. The van der Waals surface area contributed by atoms with E-state index in [0.717, 1.165) is 119 Å². The molecule has 15 aromatic carbocycles. The van der Waals surface area contributed by atoms with Crippen molar-refractivity contribution in [1.29, 1.82) is 0 Å². The summed E-state index contributed by atoms with van der Waals surface area (Å²) in [6.45, 7) is 47.7. The molecular weight excluding hydrogens is 1600 g/mol. The zero-order valence-corrected chi connectivity index (χ0v) is 80.2. The number of anilines is 18. The molecule has 9 nitrogen and oxygen atoms in total. The lowest BCUT2D eigenvalue weighted by atomic mass is 9.33. The van der Waals surface area contributed by atoms with Crippen molar-refractivity contribution in [3.63, 3.8) is 0 Å². The number of benzene rings is 15. The molecule has 6 aliphatic heterocycles. The van der Waals surface area contributed by atoms with E-state index >= 15 is 0 Å². The molecule has 0 saturated heterocycles. The number of hydrogen-bond donors (Lipinski definition) is 0. The van der Waals surface area contributed by atoms with E-state index in [1.165, 1.54) is 99.2 Å². The van der Waals surface area contributed by atoms with Crippen LogP contribution in [0.15, 0.2) is 309 Å². The van der Waals surface area contributed by atoms with Gasteiger partial charge < -0.3 is 29.4 Å². The van der Waals surface area contributed by atoms with Gasteiger partial charge in [0.05, 0.1) is 0 Å². The fourth-order valence-electron chi connectivity index (χ4n) is 21.5. The molecule has 6 aliphatic rings. The summed E-state index contributed by atoms with van der Waals surface area (Å²) in [5.41, 5.74) is 44.7. The van der Waals surface area contributed by atoms with Crippen LogP contribution in [0.3, 0.4) is 0 Å². The molecule has 0 saturated carbocycles. The summed E-state index contributed by atoms with van der Waals surface area (Å²) in [7, 11) is 0. The van der Waals surface area contributed by atoms with Gasteiger partial charge in [-0.15, -0.1) is 0 Å². The number of aromatic nitrogens is 3. The second kappa shape index (κ2) is 30.2. The molecule has 0 spiro atoms. The fourth-order valence-corrected chi connectivity index (χ4v) is 21.5. The molecule has 648 valence electrons. The average Bonchev–Trinajstić information content (AvgIpc) is 0.704. The molecule has 22 rings (SSSR count). The molecule has 0 unspecified atom stereocenters. The van der Waals surface area contributed by atoms with Crippen LogP contribution in [-0.4, -0.2) is 35.1 Å². The van der Waals surface area contributed by atoms with Gasteiger partial charge in [0.2, 0.25) is 0 Å². The average molecular weight is 1710 g/mol. The van der Waals surface area contributed by atoms with Crippen LogP contribution in [0.4, 0.5) is 102 Å². The van der Waals surface area contributed by atoms with E-state index < -0.39 is 0 Å². The fraction of sp³-hybridized carbons (Fsp3) is 0.225. The summed E-state index contributed by atoms with van der Waals surface area (Å²) >= 11 is 0. The van der Waals surface area contributed by atoms with E-state index in [4.69, 9.17) is 15.0 Å². The molecule has 7 heterocycles. The predicted octanol–water partition coefficient (Wildman–Crippen LogP) is 25.8. The van der Waals surface area contributed by atoms with Gasteiger partial charge in [-0.05, 0) is 300 Å². The van der Waals surface area contributed by atoms with E-state index in [0.29, 0.717) is 17.5 Å². The molecule has 0 bridgehead atoms. The quantitative estimate of drug-likeness (QED) is 0.132. The standard InChI is InChI=1S/C120H114B3N9/c1-73-31-49-85(50-32-73)127-97-61-37-76(67-91(97)121-94-70-82(118(13,14)15)46-64-100(94)130(106-28-22-25-103(127)109(106)121)88-55-40-79(41-56-88)115(4,5)6)112-124-113(77-38-62-98-92(68-77)122-95-71-83(119(16,17)18)47-65-101(95)131(89-57-42-80(43-58-89)116(7,8)9)107-29-23-26-104(110(107)122)128(98)86-51-33-74(2)34-52-86)126-114(125-112)78-39-63-99-93(69-78)123-96-72-84(120(19,20)21)48-66-102(96)132(90-59-44-81(45-60-90)117(10,11)12)108-30-24-27-105(111(108)123)129(99)87-53-35-75(3)36-54-87/h22-72H,1-21H3. The van der Waals surface area contributed by atoms with Crippen molar-refractivity contribution in [2.45, 2.75) is 178 Å². The maximum atomic E-state index is 6.02. The van der Waals surface area contributed by atoms with E-state index in [2.05, 4.69) is 484 Å². The van der Waals surface area contributed by atoms with Crippen molar-refractivity contribution < 1.29 is 0 Å². The van der Waals surface area contributed by atoms with Gasteiger partial charge in [0.25, 0.3) is 20.1 Å². The highest BCUT2D eigenvalue weighted by Crippen LogP contribution is 2.52. The second-order valence-electron chi connectivity index (χ2n) is 44.0. The number of fused-ring (bicyclic) bond motifs is 12. The third kappa shape index (κ3) is 13.8. The van der Waals surface area contributed by atoms with E-state index in [-0.39, 0.29) is 52.6 Å².